The number of alkyl halides is 2. The topological polar surface area (TPSA) is 70.7 Å². The predicted molar refractivity (Wildman–Crippen MR) is 103 cm³/mol. The molecule has 0 bridgehead atoms. The summed E-state index contributed by atoms with van der Waals surface area (Å²) in [4.78, 5) is 17.0. The van der Waals surface area contributed by atoms with Gasteiger partial charge in [-0.1, -0.05) is 36.4 Å². The molecule has 5 nitrogen and oxygen atoms in total. The van der Waals surface area contributed by atoms with Crippen molar-refractivity contribution in [1.82, 2.24) is 15.2 Å². The molecule has 4 aromatic rings. The standard InChI is InChI=1S/C21H16F2N4O/c1-21(22,23)15-6-2-5-14(12-15)16-9-8-13-4-3-7-17(19(13)25-16)26-20(28)18-10-11-24-27-18/h2-12H,1H3,(H,24,27)(H,26,28). The van der Waals surface area contributed by atoms with Gasteiger partial charge in [0.25, 0.3) is 11.8 Å². The number of benzene rings is 2. The number of para-hydroxylation sites is 1. The summed E-state index contributed by atoms with van der Waals surface area (Å²) in [5, 5.41) is 10.0. The Morgan fingerprint density at radius 2 is 1.89 bits per heavy atom. The van der Waals surface area contributed by atoms with Crippen molar-refractivity contribution < 1.29 is 13.6 Å². The van der Waals surface area contributed by atoms with Crippen molar-refractivity contribution >= 4 is 22.5 Å². The Hall–Kier alpha value is -3.61. The maximum absolute atomic E-state index is 13.7. The molecule has 4 rings (SSSR count). The van der Waals surface area contributed by atoms with Crippen LogP contribution in [0.2, 0.25) is 0 Å². The number of rotatable bonds is 4. The van der Waals surface area contributed by atoms with Gasteiger partial charge < -0.3 is 5.32 Å². The highest BCUT2D eigenvalue weighted by Crippen LogP contribution is 2.31. The average Bonchev–Trinajstić information content (AvgIpc) is 3.22. The Kier molecular flexibility index (Phi) is 4.35. The van der Waals surface area contributed by atoms with E-state index >= 15 is 0 Å². The number of aromatic nitrogens is 3. The van der Waals surface area contributed by atoms with Crippen molar-refractivity contribution in [2.75, 3.05) is 5.32 Å². The summed E-state index contributed by atoms with van der Waals surface area (Å²) >= 11 is 0. The van der Waals surface area contributed by atoms with Crippen LogP contribution >= 0.6 is 0 Å². The van der Waals surface area contributed by atoms with Crippen LogP contribution in [0.1, 0.15) is 23.0 Å². The Bertz CT molecular complexity index is 1150. The number of carbonyl (C=O) groups excluding carboxylic acids is 1. The molecule has 0 atom stereocenters. The zero-order valence-electron chi connectivity index (χ0n) is 14.9. The van der Waals surface area contributed by atoms with Crippen molar-refractivity contribution in [3.05, 3.63) is 78.1 Å². The zero-order chi connectivity index (χ0) is 19.7. The zero-order valence-corrected chi connectivity index (χ0v) is 14.9. The third kappa shape index (κ3) is 3.46. The minimum absolute atomic E-state index is 0.0762. The molecule has 2 N–H and O–H groups in total. The smallest absolute Gasteiger partial charge is 0.273 e. The largest absolute Gasteiger partial charge is 0.319 e. The van der Waals surface area contributed by atoms with Crippen molar-refractivity contribution in [2.24, 2.45) is 0 Å². The Balaban J connectivity index is 1.75. The SMILES string of the molecule is CC(F)(F)c1cccc(-c2ccc3cccc(NC(=O)c4ccn[nH]4)c3n2)c1. The van der Waals surface area contributed by atoms with Gasteiger partial charge >= 0.3 is 0 Å². The minimum Gasteiger partial charge on any atom is -0.319 e. The number of hydrogen-bond donors (Lipinski definition) is 2. The molecule has 0 unspecified atom stereocenters. The van der Waals surface area contributed by atoms with Gasteiger partial charge in [-0.15, -0.1) is 0 Å². The molecule has 1 amide bonds. The van der Waals surface area contributed by atoms with Gasteiger partial charge in [0.2, 0.25) is 0 Å². The molecule has 0 saturated carbocycles. The van der Waals surface area contributed by atoms with E-state index in [0.717, 1.165) is 12.3 Å². The second kappa shape index (κ2) is 6.84. The van der Waals surface area contributed by atoms with Crippen LogP contribution in [-0.2, 0) is 5.92 Å². The second-order valence-electron chi connectivity index (χ2n) is 6.47. The summed E-state index contributed by atoms with van der Waals surface area (Å²) in [6.07, 6.45) is 1.49. The van der Waals surface area contributed by atoms with Gasteiger partial charge in [0, 0.05) is 29.6 Å². The molecule has 0 aliphatic heterocycles. The Labute approximate surface area is 159 Å². The highest BCUT2D eigenvalue weighted by atomic mass is 19.3. The summed E-state index contributed by atoms with van der Waals surface area (Å²) in [7, 11) is 0. The number of hydrogen-bond acceptors (Lipinski definition) is 3. The molecule has 2 aromatic heterocycles. The first-order valence-corrected chi connectivity index (χ1v) is 8.61. The van der Waals surface area contributed by atoms with Crippen LogP contribution in [0, 0.1) is 0 Å². The molecular formula is C21H16F2N4O. The predicted octanol–water partition coefficient (Wildman–Crippen LogP) is 4.99. The molecule has 140 valence electrons. The summed E-state index contributed by atoms with van der Waals surface area (Å²) in [6, 6.07) is 16.7. The number of nitrogens with zero attached hydrogens (tertiary/aromatic N) is 2. The molecule has 0 fully saturated rings. The molecule has 7 heteroatoms. The van der Waals surface area contributed by atoms with Crippen LogP contribution in [0.15, 0.2) is 66.9 Å². The molecule has 0 spiro atoms. The second-order valence-corrected chi connectivity index (χ2v) is 6.47. The summed E-state index contributed by atoms with van der Waals surface area (Å²) in [5.41, 5.74) is 2.47. The first-order valence-electron chi connectivity index (χ1n) is 8.61. The van der Waals surface area contributed by atoms with E-state index in [0.29, 0.717) is 28.2 Å². The highest BCUT2D eigenvalue weighted by Gasteiger charge is 2.24. The first kappa shape index (κ1) is 17.8. The molecule has 0 aliphatic carbocycles. The van der Waals surface area contributed by atoms with Gasteiger partial charge in [-0.3, -0.25) is 9.89 Å². The lowest BCUT2D eigenvalue weighted by molar-refractivity contribution is 0.0175. The summed E-state index contributed by atoms with van der Waals surface area (Å²) in [5.74, 6) is -3.28. The van der Waals surface area contributed by atoms with Crippen LogP contribution in [0.25, 0.3) is 22.2 Å². The van der Waals surface area contributed by atoms with Gasteiger partial charge in [0.05, 0.1) is 16.9 Å². The number of aromatic amines is 1. The number of halogens is 2. The quantitative estimate of drug-likeness (QED) is 0.526. The third-order valence-corrected chi connectivity index (χ3v) is 4.38. The normalized spacial score (nSPS) is 11.5. The van der Waals surface area contributed by atoms with E-state index in [1.54, 1.807) is 30.3 Å². The number of amides is 1. The lowest BCUT2D eigenvalue weighted by atomic mass is 10.0. The van der Waals surface area contributed by atoms with Crippen molar-refractivity contribution in [2.45, 2.75) is 12.8 Å². The molecule has 2 heterocycles. The van der Waals surface area contributed by atoms with E-state index in [4.69, 9.17) is 0 Å². The van der Waals surface area contributed by atoms with Crippen molar-refractivity contribution in [1.29, 1.82) is 0 Å². The third-order valence-electron chi connectivity index (χ3n) is 4.38. The van der Waals surface area contributed by atoms with Crippen molar-refractivity contribution in [3.63, 3.8) is 0 Å². The minimum atomic E-state index is -2.93. The number of carbonyl (C=O) groups is 1. The fourth-order valence-electron chi connectivity index (χ4n) is 2.93. The fraction of sp³-hybridized carbons (Fsp3) is 0.0952. The van der Waals surface area contributed by atoms with E-state index < -0.39 is 5.92 Å². The van der Waals surface area contributed by atoms with E-state index in [2.05, 4.69) is 20.5 Å². The number of pyridine rings is 1. The maximum Gasteiger partial charge on any atom is 0.273 e. The fourth-order valence-corrected chi connectivity index (χ4v) is 2.93. The van der Waals surface area contributed by atoms with Crippen LogP contribution in [0.4, 0.5) is 14.5 Å². The van der Waals surface area contributed by atoms with Gasteiger partial charge in [-0.2, -0.15) is 5.10 Å². The maximum atomic E-state index is 13.7. The van der Waals surface area contributed by atoms with Gasteiger partial charge in [-0.25, -0.2) is 13.8 Å². The van der Waals surface area contributed by atoms with Gasteiger partial charge in [-0.05, 0) is 24.3 Å². The molecule has 0 aliphatic rings. The van der Waals surface area contributed by atoms with Crippen LogP contribution in [-0.4, -0.2) is 21.1 Å². The highest BCUT2D eigenvalue weighted by molar-refractivity contribution is 6.07. The van der Waals surface area contributed by atoms with E-state index in [1.807, 2.05) is 18.2 Å². The Morgan fingerprint density at radius 3 is 2.64 bits per heavy atom. The lowest BCUT2D eigenvalue weighted by Crippen LogP contribution is -2.13. The molecular weight excluding hydrogens is 362 g/mol. The van der Waals surface area contributed by atoms with E-state index in [-0.39, 0.29) is 11.5 Å². The van der Waals surface area contributed by atoms with E-state index in [9.17, 15) is 13.6 Å². The van der Waals surface area contributed by atoms with Gasteiger partial charge in [0.1, 0.15) is 5.69 Å². The van der Waals surface area contributed by atoms with Crippen molar-refractivity contribution in [3.8, 4) is 11.3 Å². The number of nitrogens with one attached hydrogen (secondary N) is 2. The van der Waals surface area contributed by atoms with Crippen LogP contribution in [0.3, 0.4) is 0 Å². The van der Waals surface area contributed by atoms with Gasteiger partial charge in [0.15, 0.2) is 0 Å². The van der Waals surface area contributed by atoms with E-state index in [1.165, 1.54) is 18.3 Å². The first-order chi connectivity index (χ1) is 13.4. The Morgan fingerprint density at radius 1 is 1.07 bits per heavy atom. The molecule has 2 aromatic carbocycles. The monoisotopic (exact) mass is 378 g/mol. The molecule has 28 heavy (non-hydrogen) atoms. The average molecular weight is 378 g/mol. The summed E-state index contributed by atoms with van der Waals surface area (Å²) < 4.78 is 27.3. The lowest BCUT2D eigenvalue weighted by Gasteiger charge is -2.13. The number of anilines is 1. The summed E-state index contributed by atoms with van der Waals surface area (Å²) in [6.45, 7) is 0.864. The van der Waals surface area contributed by atoms with Crippen LogP contribution < -0.4 is 5.32 Å². The van der Waals surface area contributed by atoms with Crippen LogP contribution in [0.5, 0.6) is 0 Å². The molecule has 0 radical (unpaired) electrons. The number of H-pyrrole nitrogens is 1. The number of fused-ring (bicyclic) bond motifs is 1. The molecule has 0 saturated heterocycles.